The smallest absolute Gasteiger partial charge is 0.153 e. The molecule has 0 aromatic heterocycles. The summed E-state index contributed by atoms with van der Waals surface area (Å²) in [7, 11) is 0. The molecule has 3 aromatic carbocycles. The van der Waals surface area contributed by atoms with Crippen molar-refractivity contribution < 1.29 is 4.79 Å². The maximum atomic E-state index is 12.2. The highest BCUT2D eigenvalue weighted by molar-refractivity contribution is 7.95. The Morgan fingerprint density at radius 2 is 1.11 bits per heavy atom. The number of hydrogen-bond acceptors (Lipinski definition) is 2. The maximum absolute atomic E-state index is 12.2. The fourth-order valence-corrected chi connectivity index (χ4v) is 6.75. The van der Waals surface area contributed by atoms with Crippen molar-refractivity contribution in [1.29, 1.82) is 0 Å². The molecule has 0 aliphatic heterocycles. The number of Topliss-reactive ketones (excluding diaryl/α,β-unsaturated/α-hetero) is 1. The van der Waals surface area contributed by atoms with Gasteiger partial charge in [0.1, 0.15) is 0 Å². The number of rotatable bonds is 5. The minimum absolute atomic E-state index is 0.106. The van der Waals surface area contributed by atoms with Crippen LogP contribution < -0.4 is 21.6 Å². The molecule has 0 bridgehead atoms. The summed E-state index contributed by atoms with van der Waals surface area (Å²) < 4.78 is 0. The third kappa shape index (κ3) is 5.17. The molecule has 0 spiro atoms. The summed E-state index contributed by atoms with van der Waals surface area (Å²) in [4.78, 5) is 12.2. The zero-order valence-corrected chi connectivity index (χ0v) is 16.6. The van der Waals surface area contributed by atoms with Crippen molar-refractivity contribution in [2.75, 3.05) is 6.54 Å². The van der Waals surface area contributed by atoms with Crippen LogP contribution in [0.25, 0.3) is 0 Å². The van der Waals surface area contributed by atoms with Crippen LogP contribution in [0.4, 0.5) is 0 Å². The molecule has 0 saturated heterocycles. The number of ketones is 1. The van der Waals surface area contributed by atoms with E-state index in [2.05, 4.69) is 43.0 Å². The average molecular weight is 375 g/mol. The lowest BCUT2D eigenvalue weighted by molar-refractivity contribution is -0.110. The lowest BCUT2D eigenvalue weighted by atomic mass is 10.4. The number of carbonyl (C=O) groups is 1. The molecule has 3 heteroatoms. The molecule has 3 aromatic rings. The van der Waals surface area contributed by atoms with Gasteiger partial charge in [-0.1, -0.05) is 97.1 Å². The largest absolute Gasteiger partial charge is 0.327 e. The summed E-state index contributed by atoms with van der Waals surface area (Å²) in [6.45, 7) is 3.50. The molecule has 0 aliphatic rings. The zero-order valence-electron chi connectivity index (χ0n) is 15.7. The second-order valence-corrected chi connectivity index (χ2v) is 9.25. The zero-order chi connectivity index (χ0) is 19.5. The second-order valence-electron chi connectivity index (χ2n) is 5.99. The highest BCUT2D eigenvalue weighted by atomic mass is 31.2. The van der Waals surface area contributed by atoms with E-state index in [1.165, 1.54) is 15.9 Å². The van der Waals surface area contributed by atoms with Crippen molar-refractivity contribution in [3.63, 3.8) is 0 Å². The summed E-state index contributed by atoms with van der Waals surface area (Å²) in [5, 5.41) is 3.60. The highest BCUT2D eigenvalue weighted by Crippen LogP contribution is 2.43. The van der Waals surface area contributed by atoms with Gasteiger partial charge in [0.05, 0.1) is 0 Å². The molecule has 0 amide bonds. The molecule has 0 heterocycles. The van der Waals surface area contributed by atoms with Crippen LogP contribution in [0.15, 0.2) is 104 Å². The monoisotopic (exact) mass is 375 g/mol. The van der Waals surface area contributed by atoms with Gasteiger partial charge in [-0.3, -0.25) is 4.79 Å². The van der Waals surface area contributed by atoms with Gasteiger partial charge in [0.2, 0.25) is 0 Å². The molecule has 2 N–H and O–H groups in total. The summed E-state index contributed by atoms with van der Waals surface area (Å²) in [6.07, 6.45) is 1.65. The van der Waals surface area contributed by atoms with E-state index in [-0.39, 0.29) is 5.78 Å². The second kappa shape index (κ2) is 10.5. The van der Waals surface area contributed by atoms with Gasteiger partial charge in [0, 0.05) is 6.54 Å². The molecule has 0 radical (unpaired) electrons. The van der Waals surface area contributed by atoms with Gasteiger partial charge in [-0.15, -0.1) is 6.58 Å². The molecule has 0 fully saturated rings. The van der Waals surface area contributed by atoms with Gasteiger partial charge >= 0.3 is 0 Å². The van der Waals surface area contributed by atoms with Crippen LogP contribution >= 0.6 is 6.89 Å². The van der Waals surface area contributed by atoms with E-state index < -0.39 is 6.89 Å². The summed E-state index contributed by atoms with van der Waals surface area (Å²) in [6, 6.07) is 31.1. The predicted octanol–water partition coefficient (Wildman–Crippen LogP) is 3.50. The molecular weight excluding hydrogens is 349 g/mol. The normalized spacial score (nSPS) is 10.3. The first kappa shape index (κ1) is 20.6. The van der Waals surface area contributed by atoms with Gasteiger partial charge in [-0.05, 0) is 35.5 Å². The molecule has 0 atom stereocenters. The van der Waals surface area contributed by atoms with Crippen LogP contribution in [0.1, 0.15) is 6.92 Å². The van der Waals surface area contributed by atoms with Crippen molar-refractivity contribution >= 4 is 34.4 Å². The molecule has 2 nitrogen and oxygen atoms in total. The number of hydrogen-bond donors (Lipinski definition) is 1. The first-order chi connectivity index (χ1) is 13.1. The molecular formula is C24H26NOP. The Kier molecular flexibility index (Phi) is 8.00. The van der Waals surface area contributed by atoms with Crippen molar-refractivity contribution in [2.45, 2.75) is 6.92 Å². The van der Waals surface area contributed by atoms with Crippen LogP contribution in [0.5, 0.6) is 0 Å². The van der Waals surface area contributed by atoms with E-state index in [1.807, 2.05) is 60.4 Å². The van der Waals surface area contributed by atoms with Crippen LogP contribution in [-0.2, 0) is 4.79 Å². The van der Waals surface area contributed by atoms with Crippen molar-refractivity contribution in [1.82, 2.24) is 0 Å². The highest BCUT2D eigenvalue weighted by Gasteiger charge is 2.25. The average Bonchev–Trinajstić information content (AvgIpc) is 2.74. The van der Waals surface area contributed by atoms with E-state index in [0.29, 0.717) is 6.54 Å². The Morgan fingerprint density at radius 3 is 1.33 bits per heavy atom. The van der Waals surface area contributed by atoms with E-state index in [0.717, 1.165) is 0 Å². The van der Waals surface area contributed by atoms with Crippen LogP contribution in [0.3, 0.4) is 0 Å². The van der Waals surface area contributed by atoms with E-state index >= 15 is 0 Å². The Bertz CT molecular complexity index is 799. The van der Waals surface area contributed by atoms with Crippen molar-refractivity contribution in [3.05, 3.63) is 104 Å². The quantitative estimate of drug-likeness (QED) is 0.548. The number of nitrogens with two attached hydrogens (primary N) is 1. The van der Waals surface area contributed by atoms with Gasteiger partial charge in [0.15, 0.2) is 5.78 Å². The van der Waals surface area contributed by atoms with Gasteiger partial charge in [-0.25, -0.2) is 0 Å². The van der Waals surface area contributed by atoms with Crippen LogP contribution in [0, 0.1) is 0 Å². The molecule has 0 aliphatic carbocycles. The molecule has 27 heavy (non-hydrogen) atoms. The van der Waals surface area contributed by atoms with Crippen molar-refractivity contribution in [2.24, 2.45) is 5.73 Å². The Hall–Kier alpha value is -2.67. The third-order valence-corrected chi connectivity index (χ3v) is 8.12. The van der Waals surface area contributed by atoms with Gasteiger partial charge in [0.25, 0.3) is 0 Å². The first-order valence-electron chi connectivity index (χ1n) is 8.88. The SMILES string of the molecule is C=CCN.CC(=O)C=P(c1ccccc1)(c1ccccc1)c1ccccc1. The van der Waals surface area contributed by atoms with Gasteiger partial charge < -0.3 is 5.73 Å². The lowest BCUT2D eigenvalue weighted by Crippen LogP contribution is -2.28. The number of benzene rings is 3. The molecule has 138 valence electrons. The summed E-state index contributed by atoms with van der Waals surface area (Å²) in [5.74, 6) is 2.04. The Balaban J connectivity index is 0.000000596. The Labute approximate surface area is 162 Å². The van der Waals surface area contributed by atoms with Crippen LogP contribution in [-0.4, -0.2) is 18.1 Å². The van der Waals surface area contributed by atoms with Gasteiger partial charge in [-0.2, -0.15) is 0 Å². The predicted molar refractivity (Wildman–Crippen MR) is 121 cm³/mol. The fourth-order valence-electron chi connectivity index (χ4n) is 2.93. The van der Waals surface area contributed by atoms with Crippen molar-refractivity contribution in [3.8, 4) is 0 Å². The third-order valence-electron chi connectivity index (χ3n) is 4.03. The first-order valence-corrected chi connectivity index (χ1v) is 10.7. The molecule has 3 rings (SSSR count). The fraction of sp³-hybridized carbons (Fsp3) is 0.0833. The lowest BCUT2D eigenvalue weighted by Gasteiger charge is -2.28. The minimum atomic E-state index is -2.08. The summed E-state index contributed by atoms with van der Waals surface area (Å²) >= 11 is 0. The molecule has 0 saturated carbocycles. The topological polar surface area (TPSA) is 43.1 Å². The number of carbonyl (C=O) groups excluding carboxylic acids is 1. The summed E-state index contributed by atoms with van der Waals surface area (Å²) in [5.41, 5.74) is 4.91. The Morgan fingerprint density at radius 1 is 0.815 bits per heavy atom. The maximum Gasteiger partial charge on any atom is 0.153 e. The standard InChI is InChI=1S/C21H19OP.C3H7N/c1-18(22)17-23(19-11-5-2-6-12-19,20-13-7-3-8-14-20)21-15-9-4-10-16-21;1-2-3-4/h2-17H,1H3;2H,1,3-4H2. The van der Waals surface area contributed by atoms with E-state index in [1.54, 1.807) is 13.0 Å². The van der Waals surface area contributed by atoms with Crippen LogP contribution in [0.2, 0.25) is 0 Å². The van der Waals surface area contributed by atoms with E-state index in [4.69, 9.17) is 5.73 Å². The molecule has 0 unspecified atom stereocenters. The van der Waals surface area contributed by atoms with E-state index in [9.17, 15) is 4.79 Å². The minimum Gasteiger partial charge on any atom is -0.327 e.